The van der Waals surface area contributed by atoms with Gasteiger partial charge in [0.05, 0.1) is 0 Å². The van der Waals surface area contributed by atoms with Gasteiger partial charge in [0.15, 0.2) is 0 Å². The van der Waals surface area contributed by atoms with Crippen molar-refractivity contribution < 1.29 is 0 Å². The Morgan fingerprint density at radius 2 is 1.94 bits per heavy atom. The van der Waals surface area contributed by atoms with E-state index >= 15 is 0 Å². The summed E-state index contributed by atoms with van der Waals surface area (Å²) in [6, 6.07) is 1.92. The van der Waals surface area contributed by atoms with Crippen LogP contribution in [0.25, 0.3) is 5.57 Å². The van der Waals surface area contributed by atoms with Crippen LogP contribution in [-0.2, 0) is 0 Å². The molecule has 1 aromatic rings. The van der Waals surface area contributed by atoms with Gasteiger partial charge in [-0.1, -0.05) is 50.7 Å². The molecule has 0 unspecified atom stereocenters. The van der Waals surface area contributed by atoms with E-state index in [2.05, 4.69) is 37.9 Å². The van der Waals surface area contributed by atoms with Crippen molar-refractivity contribution in [2.24, 2.45) is 0 Å². The van der Waals surface area contributed by atoms with E-state index in [0.717, 1.165) is 16.5 Å². The number of pyridine rings is 1. The maximum Gasteiger partial charge on any atom is 0.0481 e. The summed E-state index contributed by atoms with van der Waals surface area (Å²) in [5.74, 6) is 0. The highest BCUT2D eigenvalue weighted by molar-refractivity contribution is 7.71. The van der Waals surface area contributed by atoms with Gasteiger partial charge in [-0.2, -0.15) is 0 Å². The van der Waals surface area contributed by atoms with E-state index in [0.29, 0.717) is 0 Å². The molecule has 2 heteroatoms. The average Bonchev–Trinajstić information content (AvgIpc) is 2.38. The van der Waals surface area contributed by atoms with Crippen LogP contribution in [0.1, 0.15) is 46.6 Å². The van der Waals surface area contributed by atoms with Gasteiger partial charge in [0, 0.05) is 22.5 Å². The number of allylic oxidation sites excluding steroid dienone is 4. The lowest BCUT2D eigenvalue weighted by molar-refractivity contribution is 1.10. The number of rotatable bonds is 3. The highest BCUT2D eigenvalue weighted by atomic mass is 32.1. The van der Waals surface area contributed by atoms with E-state index < -0.39 is 0 Å². The summed E-state index contributed by atoms with van der Waals surface area (Å²) >= 11 is 5.25. The fourth-order valence-electron chi connectivity index (χ4n) is 1.20. The molecule has 0 saturated carbocycles. The van der Waals surface area contributed by atoms with Gasteiger partial charge in [-0.3, -0.25) is 0 Å². The smallest absolute Gasteiger partial charge is 0.0481 e. The van der Waals surface area contributed by atoms with Gasteiger partial charge in [0.1, 0.15) is 0 Å². The standard InChI is InChI=1S/C13H17NS.C2H6/c1-4-10(2)5-6-11(3)12-9-14-8-7-13(12)15;1-2/h5-9H,4H2,1-3H3,(H,14,15);1-2H3/b10-5+,11-6+;. The predicted octanol–water partition coefficient (Wildman–Crippen LogP) is 5.53. The van der Waals surface area contributed by atoms with Crippen LogP contribution in [0.3, 0.4) is 0 Å². The molecule has 0 amide bonds. The third kappa shape index (κ3) is 5.64. The molecule has 0 aliphatic carbocycles. The molecular weight excluding hydrogens is 226 g/mol. The van der Waals surface area contributed by atoms with Crippen LogP contribution in [0.5, 0.6) is 0 Å². The Morgan fingerprint density at radius 3 is 2.47 bits per heavy atom. The lowest BCUT2D eigenvalue weighted by Crippen LogP contribution is -1.82. The minimum atomic E-state index is 0.894. The molecule has 0 radical (unpaired) electrons. The Labute approximate surface area is 110 Å². The van der Waals surface area contributed by atoms with E-state index in [1.165, 1.54) is 11.1 Å². The SMILES string of the molecule is CC.CC/C(C)=C/C=C(\C)c1c[nH]ccc1=S. The van der Waals surface area contributed by atoms with E-state index in [9.17, 15) is 0 Å². The topological polar surface area (TPSA) is 15.8 Å². The van der Waals surface area contributed by atoms with Crippen LogP contribution < -0.4 is 0 Å². The first-order valence-electron chi connectivity index (χ1n) is 6.16. The molecule has 0 aliphatic rings. The van der Waals surface area contributed by atoms with Crippen molar-refractivity contribution in [3.63, 3.8) is 0 Å². The zero-order chi connectivity index (χ0) is 13.3. The van der Waals surface area contributed by atoms with Gasteiger partial charge in [-0.25, -0.2) is 0 Å². The molecular formula is C15H23NS. The second-order valence-corrected chi connectivity index (χ2v) is 4.08. The molecule has 0 spiro atoms. The molecule has 0 atom stereocenters. The molecule has 1 N–H and O–H groups in total. The molecule has 17 heavy (non-hydrogen) atoms. The summed E-state index contributed by atoms with van der Waals surface area (Å²) in [7, 11) is 0. The van der Waals surface area contributed by atoms with Crippen LogP contribution in [-0.4, -0.2) is 4.98 Å². The van der Waals surface area contributed by atoms with Crippen molar-refractivity contribution in [2.75, 3.05) is 0 Å². The zero-order valence-corrected chi connectivity index (χ0v) is 12.3. The first-order chi connectivity index (χ1) is 8.15. The largest absolute Gasteiger partial charge is 0.367 e. The minimum absolute atomic E-state index is 0.894. The second kappa shape index (κ2) is 8.94. The van der Waals surface area contributed by atoms with Crippen LogP contribution in [0.4, 0.5) is 0 Å². The van der Waals surface area contributed by atoms with Crippen LogP contribution in [0, 0.1) is 4.51 Å². The maximum atomic E-state index is 5.25. The van der Waals surface area contributed by atoms with Gasteiger partial charge in [-0.05, 0) is 31.9 Å². The minimum Gasteiger partial charge on any atom is -0.367 e. The number of hydrogen-bond donors (Lipinski definition) is 1. The molecule has 1 heterocycles. The summed E-state index contributed by atoms with van der Waals surface area (Å²) in [5, 5.41) is 0. The lowest BCUT2D eigenvalue weighted by atomic mass is 10.1. The molecule has 0 aliphatic heterocycles. The summed E-state index contributed by atoms with van der Waals surface area (Å²) in [6.07, 6.45) is 9.16. The summed E-state index contributed by atoms with van der Waals surface area (Å²) < 4.78 is 0.894. The fraction of sp³-hybridized carbons (Fsp3) is 0.400. The third-order valence-electron chi connectivity index (χ3n) is 2.42. The van der Waals surface area contributed by atoms with Gasteiger partial charge in [0.2, 0.25) is 0 Å². The Morgan fingerprint density at radius 1 is 1.29 bits per heavy atom. The molecule has 0 saturated heterocycles. The van der Waals surface area contributed by atoms with Gasteiger partial charge < -0.3 is 4.98 Å². The summed E-state index contributed by atoms with van der Waals surface area (Å²) in [5.41, 5.74) is 3.68. The molecule has 1 rings (SSSR count). The van der Waals surface area contributed by atoms with Crippen molar-refractivity contribution in [1.29, 1.82) is 0 Å². The lowest BCUT2D eigenvalue weighted by Gasteiger charge is -2.00. The number of H-pyrrole nitrogens is 1. The molecule has 0 fully saturated rings. The van der Waals surface area contributed by atoms with Crippen LogP contribution in [0.15, 0.2) is 36.2 Å². The van der Waals surface area contributed by atoms with Crippen molar-refractivity contribution in [3.05, 3.63) is 46.3 Å². The van der Waals surface area contributed by atoms with E-state index in [-0.39, 0.29) is 0 Å². The Hall–Kier alpha value is -1.15. The quantitative estimate of drug-likeness (QED) is 0.550. The second-order valence-electron chi connectivity index (χ2n) is 3.64. The maximum absolute atomic E-state index is 5.25. The van der Waals surface area contributed by atoms with Gasteiger partial charge >= 0.3 is 0 Å². The number of nitrogens with one attached hydrogen (secondary N) is 1. The summed E-state index contributed by atoms with van der Waals surface area (Å²) in [4.78, 5) is 3.06. The van der Waals surface area contributed by atoms with E-state index in [4.69, 9.17) is 12.2 Å². The highest BCUT2D eigenvalue weighted by Gasteiger charge is 1.95. The fourth-order valence-corrected chi connectivity index (χ4v) is 1.49. The third-order valence-corrected chi connectivity index (χ3v) is 2.78. The van der Waals surface area contributed by atoms with E-state index in [1.807, 2.05) is 32.3 Å². The molecule has 0 bridgehead atoms. The summed E-state index contributed by atoms with van der Waals surface area (Å²) in [6.45, 7) is 10.4. The number of hydrogen-bond acceptors (Lipinski definition) is 1. The highest BCUT2D eigenvalue weighted by Crippen LogP contribution is 2.14. The zero-order valence-electron chi connectivity index (χ0n) is 11.5. The normalized spacial score (nSPS) is 11.8. The molecule has 1 aromatic heterocycles. The van der Waals surface area contributed by atoms with Crippen LogP contribution >= 0.6 is 12.2 Å². The Bertz CT molecular complexity index is 438. The van der Waals surface area contributed by atoms with Crippen molar-refractivity contribution in [3.8, 4) is 0 Å². The molecule has 1 nitrogen and oxygen atoms in total. The first-order valence-corrected chi connectivity index (χ1v) is 6.57. The monoisotopic (exact) mass is 249 g/mol. The van der Waals surface area contributed by atoms with Crippen molar-refractivity contribution >= 4 is 17.8 Å². The predicted molar refractivity (Wildman–Crippen MR) is 80.7 cm³/mol. The molecule has 94 valence electrons. The average molecular weight is 249 g/mol. The Balaban J connectivity index is 0.00000121. The van der Waals surface area contributed by atoms with Gasteiger partial charge in [-0.15, -0.1) is 0 Å². The van der Waals surface area contributed by atoms with Crippen LogP contribution in [0.2, 0.25) is 0 Å². The van der Waals surface area contributed by atoms with Crippen molar-refractivity contribution in [1.82, 2.24) is 4.98 Å². The first kappa shape index (κ1) is 15.9. The van der Waals surface area contributed by atoms with E-state index in [1.54, 1.807) is 0 Å². The molecule has 0 aromatic carbocycles. The number of aromatic amines is 1. The van der Waals surface area contributed by atoms with Gasteiger partial charge in [0.25, 0.3) is 0 Å². The number of aromatic nitrogens is 1. The Kier molecular flexibility index (Phi) is 8.34. The van der Waals surface area contributed by atoms with Crippen molar-refractivity contribution in [2.45, 2.75) is 41.0 Å².